The molecule has 0 aromatic heterocycles. The van der Waals surface area contributed by atoms with Gasteiger partial charge in [0.1, 0.15) is 0 Å². The van der Waals surface area contributed by atoms with E-state index < -0.39 is 0 Å². The highest BCUT2D eigenvalue weighted by atomic mass is 16.2. The summed E-state index contributed by atoms with van der Waals surface area (Å²) in [7, 11) is 0. The van der Waals surface area contributed by atoms with Crippen LogP contribution in [0, 0.1) is 11.8 Å². The molecule has 0 spiro atoms. The van der Waals surface area contributed by atoms with Gasteiger partial charge in [0.05, 0.1) is 6.54 Å². The lowest BCUT2D eigenvalue weighted by Gasteiger charge is -2.21. The number of carbonyl (C=O) groups is 2. The van der Waals surface area contributed by atoms with Gasteiger partial charge >= 0.3 is 0 Å². The van der Waals surface area contributed by atoms with Gasteiger partial charge in [-0.15, -0.1) is 0 Å². The van der Waals surface area contributed by atoms with E-state index in [9.17, 15) is 9.59 Å². The molecule has 0 aromatic carbocycles. The maximum absolute atomic E-state index is 11.9. The van der Waals surface area contributed by atoms with Crippen LogP contribution in [0.25, 0.3) is 0 Å². The number of rotatable bonds is 4. The molecular formula is C13H25N3O2. The van der Waals surface area contributed by atoms with Crippen molar-refractivity contribution >= 4 is 11.8 Å². The quantitative estimate of drug-likeness (QED) is 0.679. The van der Waals surface area contributed by atoms with Gasteiger partial charge in [-0.3, -0.25) is 9.59 Å². The molecule has 1 fully saturated rings. The molecule has 18 heavy (non-hydrogen) atoms. The van der Waals surface area contributed by atoms with Crippen molar-refractivity contribution in [3.05, 3.63) is 0 Å². The Labute approximate surface area is 109 Å². The number of hydrogen-bond donors (Lipinski definition) is 3. The van der Waals surface area contributed by atoms with Gasteiger partial charge < -0.3 is 16.4 Å². The van der Waals surface area contributed by atoms with Crippen LogP contribution in [0.5, 0.6) is 0 Å². The van der Waals surface area contributed by atoms with Gasteiger partial charge in [-0.1, -0.05) is 6.42 Å². The van der Waals surface area contributed by atoms with Gasteiger partial charge in [0, 0.05) is 11.5 Å². The fourth-order valence-electron chi connectivity index (χ4n) is 2.43. The minimum atomic E-state index is -0.269. The number of hydrogen-bond acceptors (Lipinski definition) is 3. The lowest BCUT2D eigenvalue weighted by molar-refractivity contribution is -0.129. The largest absolute Gasteiger partial charge is 0.350 e. The molecule has 2 amide bonds. The molecule has 0 heterocycles. The Kier molecular flexibility index (Phi) is 5.14. The standard InChI is InChI=1S/C13H25N3O2/c1-13(2,3)16-11(17)8-15-12(18)10-6-4-5-9(10)7-14/h9-10H,4-8,14H2,1-3H3,(H,15,18)(H,16,17)/t9-,10-/m1/s1. The Hall–Kier alpha value is -1.10. The predicted octanol–water partition coefficient (Wildman–Crippen LogP) is 0.392. The summed E-state index contributed by atoms with van der Waals surface area (Å²) in [6, 6.07) is 0. The summed E-state index contributed by atoms with van der Waals surface area (Å²) in [6.45, 7) is 6.33. The lowest BCUT2D eigenvalue weighted by atomic mass is 9.95. The third-order valence-electron chi connectivity index (χ3n) is 3.24. The van der Waals surface area contributed by atoms with Gasteiger partial charge in [0.2, 0.25) is 11.8 Å². The summed E-state index contributed by atoms with van der Waals surface area (Å²) in [4.78, 5) is 23.5. The highest BCUT2D eigenvalue weighted by molar-refractivity contribution is 5.86. The van der Waals surface area contributed by atoms with Crippen LogP contribution in [-0.2, 0) is 9.59 Å². The van der Waals surface area contributed by atoms with Crippen LogP contribution in [0.2, 0.25) is 0 Å². The van der Waals surface area contributed by atoms with Crippen LogP contribution in [0.1, 0.15) is 40.0 Å². The fraction of sp³-hybridized carbons (Fsp3) is 0.846. The van der Waals surface area contributed by atoms with Crippen LogP contribution >= 0.6 is 0 Å². The van der Waals surface area contributed by atoms with Crippen molar-refractivity contribution < 1.29 is 9.59 Å². The summed E-state index contributed by atoms with van der Waals surface area (Å²) < 4.78 is 0. The maximum atomic E-state index is 11.9. The Balaban J connectivity index is 2.35. The molecule has 1 aliphatic carbocycles. The number of amides is 2. The molecule has 1 aliphatic rings. The lowest BCUT2D eigenvalue weighted by Crippen LogP contribution is -2.47. The van der Waals surface area contributed by atoms with Gasteiger partial charge in [-0.2, -0.15) is 0 Å². The molecule has 0 saturated heterocycles. The van der Waals surface area contributed by atoms with Crippen molar-refractivity contribution in [3.63, 3.8) is 0 Å². The molecule has 1 rings (SSSR count). The van der Waals surface area contributed by atoms with Crippen molar-refractivity contribution in [3.8, 4) is 0 Å². The monoisotopic (exact) mass is 255 g/mol. The second-order valence-electron chi connectivity index (χ2n) is 6.05. The Bertz CT molecular complexity index is 310. The van der Waals surface area contributed by atoms with Gasteiger partial charge in [-0.25, -0.2) is 0 Å². The van der Waals surface area contributed by atoms with E-state index in [0.717, 1.165) is 19.3 Å². The zero-order valence-corrected chi connectivity index (χ0v) is 11.6. The van der Waals surface area contributed by atoms with E-state index in [1.165, 1.54) is 0 Å². The third kappa shape index (κ3) is 4.64. The van der Waals surface area contributed by atoms with E-state index in [1.54, 1.807) is 0 Å². The minimum absolute atomic E-state index is 0.0163. The van der Waals surface area contributed by atoms with Crippen molar-refractivity contribution in [1.82, 2.24) is 10.6 Å². The second kappa shape index (κ2) is 6.18. The first kappa shape index (κ1) is 15.0. The smallest absolute Gasteiger partial charge is 0.239 e. The first-order valence-electron chi connectivity index (χ1n) is 6.62. The molecule has 1 saturated carbocycles. The zero-order valence-electron chi connectivity index (χ0n) is 11.6. The zero-order chi connectivity index (χ0) is 13.8. The van der Waals surface area contributed by atoms with Gasteiger partial charge in [-0.05, 0) is 46.1 Å². The average Bonchev–Trinajstić information content (AvgIpc) is 2.71. The Morgan fingerprint density at radius 3 is 2.50 bits per heavy atom. The fourth-order valence-corrected chi connectivity index (χ4v) is 2.43. The molecule has 0 aromatic rings. The molecule has 5 heteroatoms. The summed E-state index contributed by atoms with van der Waals surface area (Å²) in [5.74, 6) is 0.0678. The summed E-state index contributed by atoms with van der Waals surface area (Å²) in [5.41, 5.74) is 5.37. The first-order valence-corrected chi connectivity index (χ1v) is 6.62. The SMILES string of the molecule is CC(C)(C)NC(=O)CNC(=O)[C@@H]1CCC[C@@H]1CN. The average molecular weight is 255 g/mol. The molecule has 0 unspecified atom stereocenters. The van der Waals surface area contributed by atoms with Crippen molar-refractivity contribution in [2.45, 2.75) is 45.6 Å². The van der Waals surface area contributed by atoms with E-state index >= 15 is 0 Å². The van der Waals surface area contributed by atoms with Gasteiger partial charge in [0.15, 0.2) is 0 Å². The molecule has 2 atom stereocenters. The number of nitrogens with one attached hydrogen (secondary N) is 2. The predicted molar refractivity (Wildman–Crippen MR) is 70.8 cm³/mol. The topological polar surface area (TPSA) is 84.2 Å². The van der Waals surface area contributed by atoms with Crippen molar-refractivity contribution in [2.75, 3.05) is 13.1 Å². The summed E-state index contributed by atoms with van der Waals surface area (Å²) >= 11 is 0. The van der Waals surface area contributed by atoms with E-state index in [-0.39, 0.29) is 35.7 Å². The molecule has 104 valence electrons. The van der Waals surface area contributed by atoms with E-state index in [0.29, 0.717) is 6.54 Å². The normalized spacial score (nSPS) is 23.8. The minimum Gasteiger partial charge on any atom is -0.350 e. The van der Waals surface area contributed by atoms with E-state index in [1.807, 2.05) is 20.8 Å². The molecule has 0 bridgehead atoms. The van der Waals surface area contributed by atoms with Crippen LogP contribution in [0.3, 0.4) is 0 Å². The number of carbonyl (C=O) groups excluding carboxylic acids is 2. The number of nitrogens with two attached hydrogens (primary N) is 1. The van der Waals surface area contributed by atoms with Crippen LogP contribution < -0.4 is 16.4 Å². The molecule has 0 radical (unpaired) electrons. The van der Waals surface area contributed by atoms with Crippen LogP contribution in [-0.4, -0.2) is 30.4 Å². The van der Waals surface area contributed by atoms with Crippen LogP contribution in [0.4, 0.5) is 0 Å². The Morgan fingerprint density at radius 1 is 1.28 bits per heavy atom. The summed E-state index contributed by atoms with van der Waals surface area (Å²) in [5, 5.41) is 5.52. The first-order chi connectivity index (χ1) is 8.33. The highest BCUT2D eigenvalue weighted by Gasteiger charge is 2.31. The third-order valence-corrected chi connectivity index (χ3v) is 3.24. The molecule has 4 N–H and O–H groups in total. The second-order valence-corrected chi connectivity index (χ2v) is 6.05. The van der Waals surface area contributed by atoms with Crippen molar-refractivity contribution in [1.29, 1.82) is 0 Å². The van der Waals surface area contributed by atoms with Crippen molar-refractivity contribution in [2.24, 2.45) is 17.6 Å². The van der Waals surface area contributed by atoms with E-state index in [2.05, 4.69) is 10.6 Å². The molecule has 0 aliphatic heterocycles. The van der Waals surface area contributed by atoms with Crippen LogP contribution in [0.15, 0.2) is 0 Å². The van der Waals surface area contributed by atoms with E-state index in [4.69, 9.17) is 5.73 Å². The molecular weight excluding hydrogens is 230 g/mol. The summed E-state index contributed by atoms with van der Waals surface area (Å²) in [6.07, 6.45) is 2.95. The van der Waals surface area contributed by atoms with Gasteiger partial charge in [0.25, 0.3) is 0 Å². The maximum Gasteiger partial charge on any atom is 0.239 e. The highest BCUT2D eigenvalue weighted by Crippen LogP contribution is 2.30. The Morgan fingerprint density at radius 2 is 1.94 bits per heavy atom. The molecule has 5 nitrogen and oxygen atoms in total.